The maximum atomic E-state index is 12.3. The molecule has 1 nitrogen and oxygen atoms in total. The van der Waals surface area contributed by atoms with E-state index in [0.29, 0.717) is 10.8 Å². The Balaban J connectivity index is 3.07. The first-order valence-corrected chi connectivity index (χ1v) is 5.17. The lowest BCUT2D eigenvalue weighted by atomic mass is 10.3. The Morgan fingerprint density at radius 1 is 1.43 bits per heavy atom. The van der Waals surface area contributed by atoms with Crippen molar-refractivity contribution in [1.82, 2.24) is 4.98 Å². The van der Waals surface area contributed by atoms with Crippen molar-refractivity contribution in [3.05, 3.63) is 22.8 Å². The number of halogens is 4. The summed E-state index contributed by atoms with van der Waals surface area (Å²) in [5.41, 5.74) is -0.756. The van der Waals surface area contributed by atoms with Crippen LogP contribution in [-0.2, 0) is 6.18 Å². The molecule has 0 saturated heterocycles. The molecular weight excluding hydrogens is 235 g/mol. The number of aromatic nitrogens is 1. The van der Waals surface area contributed by atoms with Crippen molar-refractivity contribution >= 4 is 23.4 Å². The van der Waals surface area contributed by atoms with Crippen molar-refractivity contribution in [2.75, 3.05) is 5.75 Å². The van der Waals surface area contributed by atoms with Crippen LogP contribution in [0.4, 0.5) is 13.2 Å². The van der Waals surface area contributed by atoms with Crippen LogP contribution in [0.5, 0.6) is 0 Å². The maximum absolute atomic E-state index is 12.3. The number of hydrogen-bond donors (Lipinski definition) is 0. The van der Waals surface area contributed by atoms with Crippen LogP contribution in [0.3, 0.4) is 0 Å². The Morgan fingerprint density at radius 3 is 2.57 bits per heavy atom. The van der Waals surface area contributed by atoms with Crippen molar-refractivity contribution in [2.45, 2.75) is 18.1 Å². The lowest BCUT2D eigenvalue weighted by molar-refractivity contribution is -0.137. The van der Waals surface area contributed by atoms with E-state index in [-0.39, 0.29) is 5.15 Å². The average molecular weight is 242 g/mol. The van der Waals surface area contributed by atoms with E-state index in [2.05, 4.69) is 4.98 Å². The van der Waals surface area contributed by atoms with Crippen LogP contribution in [0.15, 0.2) is 17.2 Å². The monoisotopic (exact) mass is 241 g/mol. The molecule has 0 aliphatic carbocycles. The highest BCUT2D eigenvalue weighted by molar-refractivity contribution is 7.99. The Kier molecular flexibility index (Phi) is 3.66. The quantitative estimate of drug-likeness (QED) is 0.576. The van der Waals surface area contributed by atoms with Gasteiger partial charge in [0.25, 0.3) is 0 Å². The molecule has 0 aliphatic rings. The Hall–Kier alpha value is -0.420. The number of hydrogen-bond acceptors (Lipinski definition) is 2. The Labute approximate surface area is 88.7 Å². The molecule has 0 aliphatic heterocycles. The summed E-state index contributed by atoms with van der Waals surface area (Å²) in [6, 6.07) is 1.82. The van der Waals surface area contributed by atoms with Gasteiger partial charge in [-0.1, -0.05) is 18.5 Å². The van der Waals surface area contributed by atoms with Gasteiger partial charge in [-0.25, -0.2) is 4.98 Å². The molecule has 0 unspecified atom stereocenters. The molecule has 0 saturated carbocycles. The molecule has 0 atom stereocenters. The number of pyridine rings is 1. The van der Waals surface area contributed by atoms with E-state index in [1.54, 1.807) is 0 Å². The first-order valence-electron chi connectivity index (χ1n) is 3.81. The predicted octanol–water partition coefficient (Wildman–Crippen LogP) is 3.87. The zero-order valence-corrected chi connectivity index (χ0v) is 8.80. The molecular formula is C8H7ClF3NS. The van der Waals surface area contributed by atoms with E-state index >= 15 is 0 Å². The van der Waals surface area contributed by atoms with Gasteiger partial charge in [0.1, 0.15) is 5.15 Å². The lowest BCUT2D eigenvalue weighted by Gasteiger charge is -2.08. The van der Waals surface area contributed by atoms with Gasteiger partial charge < -0.3 is 0 Å². The summed E-state index contributed by atoms with van der Waals surface area (Å²) in [7, 11) is 0. The molecule has 0 radical (unpaired) electrons. The summed E-state index contributed by atoms with van der Waals surface area (Å²) in [6.07, 6.45) is -4.37. The molecule has 0 bridgehead atoms. The third-order valence-corrected chi connectivity index (χ3v) is 2.38. The van der Waals surface area contributed by atoms with E-state index in [4.69, 9.17) is 11.6 Å². The van der Waals surface area contributed by atoms with E-state index in [1.165, 1.54) is 11.8 Å². The average Bonchev–Trinajstić information content (AvgIpc) is 2.02. The zero-order chi connectivity index (χ0) is 10.8. The zero-order valence-electron chi connectivity index (χ0n) is 7.23. The maximum Gasteiger partial charge on any atom is 0.416 e. The molecule has 78 valence electrons. The summed E-state index contributed by atoms with van der Waals surface area (Å²) in [5, 5.41) is 0.170. The summed E-state index contributed by atoms with van der Waals surface area (Å²) >= 11 is 6.69. The molecule has 0 fully saturated rings. The van der Waals surface area contributed by atoms with Gasteiger partial charge in [-0.05, 0) is 17.9 Å². The standard InChI is InChI=1S/C8H7ClF3NS/c1-2-14-7-4-5(8(10,11)12)3-6(9)13-7/h3-4H,2H2,1H3. The summed E-state index contributed by atoms with van der Waals surface area (Å²) in [4.78, 5) is 3.77. The fraction of sp³-hybridized carbons (Fsp3) is 0.375. The lowest BCUT2D eigenvalue weighted by Crippen LogP contribution is -2.05. The van der Waals surface area contributed by atoms with Crippen molar-refractivity contribution in [1.29, 1.82) is 0 Å². The Bertz CT molecular complexity index is 327. The van der Waals surface area contributed by atoms with Crippen LogP contribution in [-0.4, -0.2) is 10.7 Å². The predicted molar refractivity (Wildman–Crippen MR) is 50.6 cm³/mol. The van der Waals surface area contributed by atoms with Crippen molar-refractivity contribution < 1.29 is 13.2 Å². The van der Waals surface area contributed by atoms with Gasteiger partial charge in [-0.15, -0.1) is 11.8 Å². The van der Waals surface area contributed by atoms with E-state index in [0.717, 1.165) is 12.1 Å². The first kappa shape index (κ1) is 11.7. The molecule has 0 spiro atoms. The van der Waals surface area contributed by atoms with Crippen molar-refractivity contribution in [3.8, 4) is 0 Å². The highest BCUT2D eigenvalue weighted by atomic mass is 35.5. The van der Waals surface area contributed by atoms with Gasteiger partial charge in [0, 0.05) is 0 Å². The van der Waals surface area contributed by atoms with Gasteiger partial charge in [-0.3, -0.25) is 0 Å². The number of thioether (sulfide) groups is 1. The Morgan fingerprint density at radius 2 is 2.07 bits per heavy atom. The number of rotatable bonds is 2. The summed E-state index contributed by atoms with van der Waals surface area (Å²) in [5.74, 6) is 0.657. The van der Waals surface area contributed by atoms with Crippen LogP contribution in [0.1, 0.15) is 12.5 Å². The molecule has 14 heavy (non-hydrogen) atoms. The van der Waals surface area contributed by atoms with Gasteiger partial charge in [0.2, 0.25) is 0 Å². The third kappa shape index (κ3) is 3.06. The molecule has 1 aromatic rings. The van der Waals surface area contributed by atoms with E-state index < -0.39 is 11.7 Å². The van der Waals surface area contributed by atoms with Crippen LogP contribution in [0.2, 0.25) is 5.15 Å². The SMILES string of the molecule is CCSc1cc(C(F)(F)F)cc(Cl)n1. The minimum Gasteiger partial charge on any atom is -0.230 e. The molecule has 0 amide bonds. The van der Waals surface area contributed by atoms with Crippen LogP contribution in [0.25, 0.3) is 0 Å². The van der Waals surface area contributed by atoms with Crippen LogP contribution < -0.4 is 0 Å². The summed E-state index contributed by atoms with van der Waals surface area (Å²) < 4.78 is 36.9. The second kappa shape index (κ2) is 4.40. The highest BCUT2D eigenvalue weighted by Crippen LogP contribution is 2.32. The fourth-order valence-electron chi connectivity index (χ4n) is 0.858. The molecule has 1 rings (SSSR count). The van der Waals surface area contributed by atoms with E-state index in [1.807, 2.05) is 6.92 Å². The van der Waals surface area contributed by atoms with Crippen molar-refractivity contribution in [2.24, 2.45) is 0 Å². The third-order valence-electron chi connectivity index (χ3n) is 1.39. The summed E-state index contributed by atoms with van der Waals surface area (Å²) in [6.45, 7) is 1.83. The van der Waals surface area contributed by atoms with Crippen LogP contribution in [0, 0.1) is 0 Å². The topological polar surface area (TPSA) is 12.9 Å². The number of alkyl halides is 3. The van der Waals surface area contributed by atoms with Crippen molar-refractivity contribution in [3.63, 3.8) is 0 Å². The van der Waals surface area contributed by atoms with Gasteiger partial charge in [0.15, 0.2) is 0 Å². The molecule has 1 aromatic heterocycles. The second-order valence-electron chi connectivity index (χ2n) is 2.45. The molecule has 1 heterocycles. The second-order valence-corrected chi connectivity index (χ2v) is 4.12. The van der Waals surface area contributed by atoms with Gasteiger partial charge in [-0.2, -0.15) is 13.2 Å². The van der Waals surface area contributed by atoms with Crippen LogP contribution >= 0.6 is 23.4 Å². The minimum atomic E-state index is -4.37. The van der Waals surface area contributed by atoms with E-state index in [9.17, 15) is 13.2 Å². The van der Waals surface area contributed by atoms with Gasteiger partial charge >= 0.3 is 6.18 Å². The largest absolute Gasteiger partial charge is 0.416 e. The normalized spacial score (nSPS) is 11.8. The number of nitrogens with zero attached hydrogens (tertiary/aromatic N) is 1. The highest BCUT2D eigenvalue weighted by Gasteiger charge is 2.31. The smallest absolute Gasteiger partial charge is 0.230 e. The fourth-order valence-corrected chi connectivity index (χ4v) is 1.79. The minimum absolute atomic E-state index is 0.129. The van der Waals surface area contributed by atoms with Gasteiger partial charge in [0.05, 0.1) is 10.6 Å². The molecule has 6 heteroatoms. The molecule has 0 aromatic carbocycles. The molecule has 0 N–H and O–H groups in total. The first-order chi connectivity index (χ1) is 6.43.